The predicted molar refractivity (Wildman–Crippen MR) is 70.3 cm³/mol. The van der Waals surface area contributed by atoms with Crippen LogP contribution < -0.4 is 5.73 Å². The van der Waals surface area contributed by atoms with Crippen molar-refractivity contribution in [2.75, 3.05) is 18.9 Å². The lowest BCUT2D eigenvalue weighted by Crippen LogP contribution is -2.35. The van der Waals surface area contributed by atoms with E-state index in [4.69, 9.17) is 5.73 Å². The van der Waals surface area contributed by atoms with Gasteiger partial charge >= 0.3 is 0 Å². The SMILES string of the molecule is CC(CN)(CO)c1ccc2c(c1)CCCS2(=O)=O. The van der Waals surface area contributed by atoms with Crippen LogP contribution in [0.2, 0.25) is 0 Å². The van der Waals surface area contributed by atoms with E-state index in [1.165, 1.54) is 0 Å². The van der Waals surface area contributed by atoms with E-state index in [0.29, 0.717) is 17.9 Å². The first-order chi connectivity index (χ1) is 8.43. The average molecular weight is 269 g/mol. The van der Waals surface area contributed by atoms with Crippen LogP contribution in [-0.2, 0) is 21.7 Å². The molecule has 1 atom stereocenters. The number of nitrogens with two attached hydrogens (primary N) is 1. The van der Waals surface area contributed by atoms with Crippen LogP contribution in [-0.4, -0.2) is 32.4 Å². The molecule has 1 aliphatic rings. The molecule has 18 heavy (non-hydrogen) atoms. The van der Waals surface area contributed by atoms with Gasteiger partial charge in [0.15, 0.2) is 9.84 Å². The molecule has 0 saturated heterocycles. The van der Waals surface area contributed by atoms with E-state index in [2.05, 4.69) is 0 Å². The van der Waals surface area contributed by atoms with Crippen LogP contribution in [0, 0.1) is 0 Å². The van der Waals surface area contributed by atoms with E-state index in [0.717, 1.165) is 17.5 Å². The van der Waals surface area contributed by atoms with E-state index < -0.39 is 15.3 Å². The molecule has 3 N–H and O–H groups in total. The van der Waals surface area contributed by atoms with Crippen molar-refractivity contribution in [2.24, 2.45) is 5.73 Å². The monoisotopic (exact) mass is 269 g/mol. The van der Waals surface area contributed by atoms with Crippen LogP contribution in [0.1, 0.15) is 24.5 Å². The molecule has 100 valence electrons. The number of rotatable bonds is 3. The Morgan fingerprint density at radius 3 is 2.78 bits per heavy atom. The molecule has 2 rings (SSSR count). The van der Waals surface area contributed by atoms with Crippen molar-refractivity contribution in [3.05, 3.63) is 29.3 Å². The molecule has 0 saturated carbocycles. The summed E-state index contributed by atoms with van der Waals surface area (Å²) < 4.78 is 23.8. The lowest BCUT2D eigenvalue weighted by molar-refractivity contribution is 0.210. The van der Waals surface area contributed by atoms with Gasteiger partial charge in [0, 0.05) is 12.0 Å². The van der Waals surface area contributed by atoms with Crippen LogP contribution in [0.3, 0.4) is 0 Å². The third-order valence-electron chi connectivity index (χ3n) is 3.75. The van der Waals surface area contributed by atoms with Crippen LogP contribution in [0.4, 0.5) is 0 Å². The summed E-state index contributed by atoms with van der Waals surface area (Å²) >= 11 is 0. The van der Waals surface area contributed by atoms with Gasteiger partial charge in [-0.05, 0) is 30.0 Å². The summed E-state index contributed by atoms with van der Waals surface area (Å²) in [7, 11) is -3.11. The fourth-order valence-corrected chi connectivity index (χ4v) is 3.87. The minimum atomic E-state index is -3.11. The molecule has 1 aliphatic heterocycles. The Labute approximate surface area is 108 Å². The zero-order chi connectivity index (χ0) is 13.4. The Balaban J connectivity index is 2.52. The highest BCUT2D eigenvalue weighted by Gasteiger charge is 2.28. The Morgan fingerprint density at radius 1 is 1.44 bits per heavy atom. The predicted octanol–water partition coefficient (Wildman–Crippen LogP) is 0.615. The number of hydrogen-bond acceptors (Lipinski definition) is 4. The van der Waals surface area contributed by atoms with Gasteiger partial charge in [-0.25, -0.2) is 8.42 Å². The molecule has 1 heterocycles. The quantitative estimate of drug-likeness (QED) is 0.842. The first-order valence-corrected chi connectivity index (χ1v) is 7.75. The fraction of sp³-hybridized carbons (Fsp3) is 0.538. The Bertz CT molecular complexity index is 547. The van der Waals surface area contributed by atoms with E-state index in [9.17, 15) is 13.5 Å². The topological polar surface area (TPSA) is 80.4 Å². The van der Waals surface area contributed by atoms with Gasteiger partial charge in [0.2, 0.25) is 0 Å². The summed E-state index contributed by atoms with van der Waals surface area (Å²) in [5, 5.41) is 9.45. The highest BCUT2D eigenvalue weighted by Crippen LogP contribution is 2.30. The van der Waals surface area contributed by atoms with Gasteiger partial charge in [0.05, 0.1) is 17.3 Å². The largest absolute Gasteiger partial charge is 0.395 e. The van der Waals surface area contributed by atoms with Crippen molar-refractivity contribution in [2.45, 2.75) is 30.1 Å². The molecule has 0 radical (unpaired) electrons. The summed E-state index contributed by atoms with van der Waals surface area (Å²) in [5.74, 6) is 0.230. The normalized spacial score (nSPS) is 21.1. The summed E-state index contributed by atoms with van der Waals surface area (Å²) in [5.41, 5.74) is 6.96. The average Bonchev–Trinajstić information content (AvgIpc) is 2.37. The molecule has 5 heteroatoms. The highest BCUT2D eigenvalue weighted by atomic mass is 32.2. The van der Waals surface area contributed by atoms with Crippen molar-refractivity contribution < 1.29 is 13.5 Å². The van der Waals surface area contributed by atoms with Crippen molar-refractivity contribution in [1.82, 2.24) is 0 Å². The lowest BCUT2D eigenvalue weighted by atomic mass is 9.82. The fourth-order valence-electron chi connectivity index (χ4n) is 2.29. The van der Waals surface area contributed by atoms with Crippen molar-refractivity contribution in [3.63, 3.8) is 0 Å². The molecular weight excluding hydrogens is 250 g/mol. The molecule has 0 aromatic heterocycles. The molecule has 0 aliphatic carbocycles. The van der Waals surface area contributed by atoms with Crippen LogP contribution >= 0.6 is 0 Å². The minimum Gasteiger partial charge on any atom is -0.395 e. The lowest BCUT2D eigenvalue weighted by Gasteiger charge is -2.28. The third-order valence-corrected chi connectivity index (χ3v) is 5.65. The first kappa shape index (κ1) is 13.5. The number of hydrogen-bond donors (Lipinski definition) is 2. The van der Waals surface area contributed by atoms with Gasteiger partial charge in [-0.15, -0.1) is 0 Å². The molecule has 1 aromatic rings. The molecule has 1 unspecified atom stereocenters. The van der Waals surface area contributed by atoms with E-state index in [-0.39, 0.29) is 12.4 Å². The maximum Gasteiger partial charge on any atom is 0.178 e. The Kier molecular flexibility index (Phi) is 3.49. The third kappa shape index (κ3) is 2.18. The second-order valence-corrected chi connectivity index (χ2v) is 7.25. The van der Waals surface area contributed by atoms with Crippen molar-refractivity contribution >= 4 is 9.84 Å². The van der Waals surface area contributed by atoms with Crippen LogP contribution in [0.25, 0.3) is 0 Å². The van der Waals surface area contributed by atoms with Gasteiger partial charge in [-0.3, -0.25) is 0 Å². The van der Waals surface area contributed by atoms with Gasteiger partial charge in [-0.2, -0.15) is 0 Å². The standard InChI is InChI=1S/C13H19NO3S/c1-13(8-14,9-15)11-4-5-12-10(7-11)3-2-6-18(12,16)17/h4-5,7,15H,2-3,6,8-9,14H2,1H3. The molecule has 0 fully saturated rings. The number of benzene rings is 1. The smallest absolute Gasteiger partial charge is 0.178 e. The van der Waals surface area contributed by atoms with Gasteiger partial charge in [0.25, 0.3) is 0 Å². The van der Waals surface area contributed by atoms with E-state index in [1.807, 2.05) is 13.0 Å². The van der Waals surface area contributed by atoms with Crippen LogP contribution in [0.5, 0.6) is 0 Å². The summed E-state index contributed by atoms with van der Waals surface area (Å²) in [6.07, 6.45) is 1.44. The molecule has 0 bridgehead atoms. The number of fused-ring (bicyclic) bond motifs is 1. The zero-order valence-corrected chi connectivity index (χ0v) is 11.3. The van der Waals surface area contributed by atoms with E-state index >= 15 is 0 Å². The molecular formula is C13H19NO3S. The summed E-state index contributed by atoms with van der Waals surface area (Å²) in [6, 6.07) is 5.31. The van der Waals surface area contributed by atoms with E-state index in [1.54, 1.807) is 12.1 Å². The zero-order valence-electron chi connectivity index (χ0n) is 10.5. The number of aliphatic hydroxyl groups excluding tert-OH is 1. The Hall–Kier alpha value is -0.910. The number of sulfone groups is 1. The first-order valence-electron chi connectivity index (χ1n) is 6.10. The van der Waals surface area contributed by atoms with Gasteiger partial charge in [-0.1, -0.05) is 19.1 Å². The molecule has 0 spiro atoms. The van der Waals surface area contributed by atoms with Crippen molar-refractivity contribution in [3.8, 4) is 0 Å². The molecule has 4 nitrogen and oxygen atoms in total. The minimum absolute atomic E-state index is 0.0466. The second-order valence-electron chi connectivity index (χ2n) is 5.17. The van der Waals surface area contributed by atoms with Crippen LogP contribution in [0.15, 0.2) is 23.1 Å². The molecule has 1 aromatic carbocycles. The van der Waals surface area contributed by atoms with Gasteiger partial charge in [0.1, 0.15) is 0 Å². The van der Waals surface area contributed by atoms with Gasteiger partial charge < -0.3 is 10.8 Å². The summed E-state index contributed by atoms with van der Waals surface area (Å²) in [4.78, 5) is 0.440. The maximum atomic E-state index is 11.9. The Morgan fingerprint density at radius 2 is 2.17 bits per heavy atom. The number of aryl methyl sites for hydroxylation is 1. The second kappa shape index (κ2) is 4.64. The molecule has 0 amide bonds. The summed E-state index contributed by atoms with van der Waals surface area (Å²) in [6.45, 7) is 2.16. The number of aliphatic hydroxyl groups is 1. The maximum absolute atomic E-state index is 11.9. The highest BCUT2D eigenvalue weighted by molar-refractivity contribution is 7.91. The van der Waals surface area contributed by atoms with Crippen molar-refractivity contribution in [1.29, 1.82) is 0 Å².